The van der Waals surface area contributed by atoms with Gasteiger partial charge in [0.15, 0.2) is 18.1 Å². The summed E-state index contributed by atoms with van der Waals surface area (Å²) in [6.07, 6.45) is 1.40. The standard InChI is InChI=1S/C25H26ClN3O7/c1-4-34-20-12-16(10-18(26)23(20)36-14-22(31)35-5-2)11-19-24(32)29(25(33)28-19)13-21(30)27-17-8-6-7-15(3)9-17/h6-12H,4-5,13-14H2,1-3H3,(H,27,30)(H,28,33)/b19-11+. The third-order valence-corrected chi connectivity index (χ3v) is 5.13. The molecule has 0 atom stereocenters. The van der Waals surface area contributed by atoms with Gasteiger partial charge in [-0.3, -0.25) is 9.59 Å². The Morgan fingerprint density at radius 1 is 1.11 bits per heavy atom. The molecule has 0 saturated carbocycles. The lowest BCUT2D eigenvalue weighted by Crippen LogP contribution is -2.38. The van der Waals surface area contributed by atoms with Crippen molar-refractivity contribution in [1.29, 1.82) is 0 Å². The second-order valence-corrected chi connectivity index (χ2v) is 8.06. The van der Waals surface area contributed by atoms with E-state index in [-0.39, 0.29) is 42.0 Å². The summed E-state index contributed by atoms with van der Waals surface area (Å²) >= 11 is 6.34. The summed E-state index contributed by atoms with van der Waals surface area (Å²) in [5.74, 6) is -1.36. The molecule has 190 valence electrons. The maximum Gasteiger partial charge on any atom is 0.344 e. The molecule has 2 aromatic carbocycles. The average molecular weight is 516 g/mol. The van der Waals surface area contributed by atoms with E-state index in [0.717, 1.165) is 10.5 Å². The number of rotatable bonds is 10. The van der Waals surface area contributed by atoms with E-state index in [1.165, 1.54) is 12.1 Å². The first-order valence-electron chi connectivity index (χ1n) is 11.2. The minimum absolute atomic E-state index is 0.0398. The van der Waals surface area contributed by atoms with Crippen molar-refractivity contribution in [3.05, 3.63) is 58.2 Å². The van der Waals surface area contributed by atoms with Crippen molar-refractivity contribution in [3.8, 4) is 11.5 Å². The average Bonchev–Trinajstić information content (AvgIpc) is 3.06. The van der Waals surface area contributed by atoms with E-state index >= 15 is 0 Å². The molecule has 1 aliphatic heterocycles. The van der Waals surface area contributed by atoms with Gasteiger partial charge in [0.1, 0.15) is 12.2 Å². The van der Waals surface area contributed by atoms with E-state index in [1.807, 2.05) is 13.0 Å². The molecular weight excluding hydrogens is 490 g/mol. The summed E-state index contributed by atoms with van der Waals surface area (Å²) in [5.41, 5.74) is 1.91. The Kier molecular flexibility index (Phi) is 8.91. The first kappa shape index (κ1) is 26.6. The molecule has 1 aliphatic rings. The molecule has 0 bridgehead atoms. The summed E-state index contributed by atoms with van der Waals surface area (Å²) in [7, 11) is 0. The van der Waals surface area contributed by atoms with Crippen molar-refractivity contribution in [2.24, 2.45) is 0 Å². The number of halogens is 1. The quantitative estimate of drug-likeness (QED) is 0.282. The van der Waals surface area contributed by atoms with Gasteiger partial charge in [-0.25, -0.2) is 14.5 Å². The van der Waals surface area contributed by atoms with Gasteiger partial charge >= 0.3 is 12.0 Å². The number of carbonyl (C=O) groups excluding carboxylic acids is 4. The van der Waals surface area contributed by atoms with Crippen LogP contribution in [0.1, 0.15) is 25.0 Å². The van der Waals surface area contributed by atoms with Crippen molar-refractivity contribution >= 4 is 47.2 Å². The van der Waals surface area contributed by atoms with Crippen LogP contribution >= 0.6 is 11.6 Å². The van der Waals surface area contributed by atoms with Crippen LogP contribution in [0, 0.1) is 6.92 Å². The molecule has 1 fully saturated rings. The van der Waals surface area contributed by atoms with Gasteiger partial charge in [-0.15, -0.1) is 0 Å². The second kappa shape index (κ2) is 12.1. The molecule has 0 spiro atoms. The summed E-state index contributed by atoms with van der Waals surface area (Å²) in [4.78, 5) is 50.0. The van der Waals surface area contributed by atoms with Crippen LogP contribution in [0.3, 0.4) is 0 Å². The third kappa shape index (κ3) is 6.76. The smallest absolute Gasteiger partial charge is 0.344 e. The number of esters is 1. The van der Waals surface area contributed by atoms with Crippen LogP contribution in [0.4, 0.5) is 10.5 Å². The Balaban J connectivity index is 1.75. The highest BCUT2D eigenvalue weighted by Crippen LogP contribution is 2.37. The number of nitrogens with zero attached hydrogens (tertiary/aromatic N) is 1. The van der Waals surface area contributed by atoms with Gasteiger partial charge in [-0.1, -0.05) is 23.7 Å². The summed E-state index contributed by atoms with van der Waals surface area (Å²) in [5, 5.41) is 5.26. The molecule has 3 rings (SSSR count). The first-order valence-corrected chi connectivity index (χ1v) is 11.6. The number of aryl methyl sites for hydroxylation is 1. The van der Waals surface area contributed by atoms with E-state index in [1.54, 1.807) is 38.1 Å². The molecule has 36 heavy (non-hydrogen) atoms. The number of ether oxygens (including phenoxy) is 3. The van der Waals surface area contributed by atoms with Gasteiger partial charge < -0.3 is 24.8 Å². The number of hydrogen-bond acceptors (Lipinski definition) is 7. The molecule has 2 aromatic rings. The predicted octanol–water partition coefficient (Wildman–Crippen LogP) is 3.52. The summed E-state index contributed by atoms with van der Waals surface area (Å²) in [6, 6.07) is 9.47. The molecule has 1 heterocycles. The van der Waals surface area contributed by atoms with E-state index in [4.69, 9.17) is 25.8 Å². The van der Waals surface area contributed by atoms with Crippen LogP contribution in [0.25, 0.3) is 6.08 Å². The third-order valence-electron chi connectivity index (χ3n) is 4.85. The highest BCUT2D eigenvalue weighted by molar-refractivity contribution is 6.32. The largest absolute Gasteiger partial charge is 0.490 e. The molecule has 4 amide bonds. The molecule has 0 aromatic heterocycles. The molecule has 1 saturated heterocycles. The maximum atomic E-state index is 12.8. The second-order valence-electron chi connectivity index (χ2n) is 7.65. The van der Waals surface area contributed by atoms with Crippen LogP contribution in [-0.4, -0.2) is 55.1 Å². The molecule has 0 radical (unpaired) electrons. The highest BCUT2D eigenvalue weighted by Gasteiger charge is 2.35. The Hall–Kier alpha value is -4.05. The fourth-order valence-electron chi connectivity index (χ4n) is 3.36. The Morgan fingerprint density at radius 2 is 1.89 bits per heavy atom. The summed E-state index contributed by atoms with van der Waals surface area (Å²) < 4.78 is 15.9. The number of anilines is 1. The van der Waals surface area contributed by atoms with Crippen molar-refractivity contribution in [2.45, 2.75) is 20.8 Å². The fourth-order valence-corrected chi connectivity index (χ4v) is 3.63. The van der Waals surface area contributed by atoms with E-state index in [2.05, 4.69) is 10.6 Å². The Bertz CT molecular complexity index is 1210. The normalized spacial score (nSPS) is 14.0. The van der Waals surface area contributed by atoms with Crippen LogP contribution in [-0.2, 0) is 19.1 Å². The number of benzene rings is 2. The van der Waals surface area contributed by atoms with Gasteiger partial charge in [-0.2, -0.15) is 0 Å². The number of imide groups is 1. The predicted molar refractivity (Wildman–Crippen MR) is 133 cm³/mol. The minimum Gasteiger partial charge on any atom is -0.490 e. The van der Waals surface area contributed by atoms with Crippen LogP contribution in [0.2, 0.25) is 5.02 Å². The van der Waals surface area contributed by atoms with Gasteiger partial charge in [-0.05, 0) is 62.2 Å². The van der Waals surface area contributed by atoms with Crippen molar-refractivity contribution in [3.63, 3.8) is 0 Å². The topological polar surface area (TPSA) is 123 Å². The van der Waals surface area contributed by atoms with Crippen molar-refractivity contribution in [1.82, 2.24) is 10.2 Å². The Labute approximate surface area is 213 Å². The number of carbonyl (C=O) groups is 4. The van der Waals surface area contributed by atoms with Crippen LogP contribution in [0.5, 0.6) is 11.5 Å². The first-order chi connectivity index (χ1) is 17.2. The minimum atomic E-state index is -0.726. The lowest BCUT2D eigenvalue weighted by atomic mass is 10.1. The van der Waals surface area contributed by atoms with Gasteiger partial charge in [0.05, 0.1) is 18.2 Å². The molecule has 0 aliphatic carbocycles. The zero-order valence-corrected chi connectivity index (χ0v) is 20.8. The fraction of sp³-hybridized carbons (Fsp3) is 0.280. The Morgan fingerprint density at radius 3 is 2.58 bits per heavy atom. The monoisotopic (exact) mass is 515 g/mol. The number of nitrogens with one attached hydrogen (secondary N) is 2. The van der Waals surface area contributed by atoms with Crippen molar-refractivity contribution < 1.29 is 33.4 Å². The molecule has 11 heteroatoms. The zero-order valence-electron chi connectivity index (χ0n) is 20.1. The van der Waals surface area contributed by atoms with Crippen molar-refractivity contribution in [2.75, 3.05) is 31.7 Å². The molecule has 2 N–H and O–H groups in total. The maximum absolute atomic E-state index is 12.8. The zero-order chi connectivity index (χ0) is 26.2. The van der Waals surface area contributed by atoms with Gasteiger partial charge in [0.25, 0.3) is 5.91 Å². The SMILES string of the molecule is CCOC(=O)COc1c(Cl)cc(/C=C2/NC(=O)N(CC(=O)Nc3cccc(C)c3)C2=O)cc1OCC. The van der Waals surface area contributed by atoms with E-state index in [0.29, 0.717) is 11.3 Å². The van der Waals surface area contributed by atoms with Crippen LogP contribution < -0.4 is 20.1 Å². The molecule has 10 nitrogen and oxygen atoms in total. The number of urea groups is 1. The van der Waals surface area contributed by atoms with E-state index in [9.17, 15) is 19.2 Å². The summed E-state index contributed by atoms with van der Waals surface area (Å²) in [6.45, 7) is 5.00. The van der Waals surface area contributed by atoms with Gasteiger partial charge in [0, 0.05) is 5.69 Å². The van der Waals surface area contributed by atoms with E-state index < -0.39 is 30.4 Å². The molecular formula is C25H26ClN3O7. The lowest BCUT2D eigenvalue weighted by molar-refractivity contribution is -0.145. The highest BCUT2D eigenvalue weighted by atomic mass is 35.5. The molecule has 0 unspecified atom stereocenters. The van der Waals surface area contributed by atoms with Crippen LogP contribution in [0.15, 0.2) is 42.1 Å². The lowest BCUT2D eigenvalue weighted by Gasteiger charge is -2.14. The van der Waals surface area contributed by atoms with Gasteiger partial charge in [0.2, 0.25) is 5.91 Å². The number of amides is 4. The number of hydrogen-bond donors (Lipinski definition) is 2.